The molecule has 152 valence electrons. The van der Waals surface area contributed by atoms with E-state index in [2.05, 4.69) is 20.3 Å². The van der Waals surface area contributed by atoms with E-state index in [4.69, 9.17) is 18.4 Å². The van der Waals surface area contributed by atoms with Gasteiger partial charge in [-0.25, -0.2) is 4.79 Å². The SMILES string of the molecule is Cc1nc(COc2ccc(C(=O)OC(C)c3nnc(-c4ccccc4)o3)cc2)no1. The van der Waals surface area contributed by atoms with Gasteiger partial charge in [-0.05, 0) is 43.3 Å². The van der Waals surface area contributed by atoms with Crippen LogP contribution in [0.4, 0.5) is 0 Å². The summed E-state index contributed by atoms with van der Waals surface area (Å²) >= 11 is 0. The quantitative estimate of drug-likeness (QED) is 0.421. The minimum Gasteiger partial charge on any atom is -0.485 e. The molecule has 0 spiro atoms. The van der Waals surface area contributed by atoms with Crippen LogP contribution in [0.5, 0.6) is 5.75 Å². The topological polar surface area (TPSA) is 113 Å². The molecule has 4 aromatic rings. The van der Waals surface area contributed by atoms with Crippen LogP contribution in [0.25, 0.3) is 11.5 Å². The Hall–Kier alpha value is -4.01. The molecule has 0 fully saturated rings. The molecular weight excluding hydrogens is 388 g/mol. The molecule has 1 unspecified atom stereocenters. The number of benzene rings is 2. The first-order valence-corrected chi connectivity index (χ1v) is 9.20. The lowest BCUT2D eigenvalue weighted by molar-refractivity contribution is 0.0280. The Balaban J connectivity index is 1.34. The lowest BCUT2D eigenvalue weighted by atomic mass is 10.2. The molecule has 0 saturated carbocycles. The molecule has 9 heteroatoms. The number of carbonyl (C=O) groups excluding carboxylic acids is 1. The summed E-state index contributed by atoms with van der Waals surface area (Å²) in [6, 6.07) is 15.9. The molecule has 0 radical (unpaired) electrons. The standard InChI is InChI=1S/C21H18N4O5/c1-13(19-23-24-20(29-19)15-6-4-3-5-7-15)28-21(26)16-8-10-17(11-9-16)27-12-18-22-14(2)30-25-18/h3-11,13H,12H2,1-2H3. The fourth-order valence-corrected chi connectivity index (χ4v) is 2.61. The van der Waals surface area contributed by atoms with E-state index < -0.39 is 12.1 Å². The number of carbonyl (C=O) groups is 1. The molecule has 4 rings (SSSR count). The van der Waals surface area contributed by atoms with Crippen LogP contribution in [0, 0.1) is 6.92 Å². The summed E-state index contributed by atoms with van der Waals surface area (Å²) in [5, 5.41) is 11.7. The van der Waals surface area contributed by atoms with Crippen molar-refractivity contribution in [2.75, 3.05) is 0 Å². The number of aryl methyl sites for hydroxylation is 1. The summed E-state index contributed by atoms with van der Waals surface area (Å²) in [5.41, 5.74) is 1.16. The summed E-state index contributed by atoms with van der Waals surface area (Å²) in [6.07, 6.45) is -0.695. The van der Waals surface area contributed by atoms with Crippen molar-refractivity contribution in [3.05, 3.63) is 77.8 Å². The van der Waals surface area contributed by atoms with E-state index in [1.165, 1.54) is 0 Å². The van der Waals surface area contributed by atoms with E-state index in [1.807, 2.05) is 30.3 Å². The number of rotatable bonds is 7. The second kappa shape index (κ2) is 8.56. The Bertz CT molecular complexity index is 1120. The van der Waals surface area contributed by atoms with Gasteiger partial charge in [-0.15, -0.1) is 10.2 Å². The van der Waals surface area contributed by atoms with Crippen molar-refractivity contribution in [2.24, 2.45) is 0 Å². The predicted molar refractivity (Wildman–Crippen MR) is 103 cm³/mol. The van der Waals surface area contributed by atoms with Crippen molar-refractivity contribution in [2.45, 2.75) is 26.6 Å². The van der Waals surface area contributed by atoms with Crippen LogP contribution in [0.1, 0.15) is 41.0 Å². The summed E-state index contributed by atoms with van der Waals surface area (Å²) < 4.78 is 21.5. The van der Waals surface area contributed by atoms with Crippen molar-refractivity contribution in [3.8, 4) is 17.2 Å². The molecule has 0 aliphatic rings. The minimum absolute atomic E-state index is 0.166. The third-order valence-corrected chi connectivity index (χ3v) is 4.12. The maximum absolute atomic E-state index is 12.4. The van der Waals surface area contributed by atoms with Gasteiger partial charge in [0.25, 0.3) is 5.89 Å². The normalized spacial score (nSPS) is 11.8. The van der Waals surface area contributed by atoms with E-state index in [1.54, 1.807) is 38.1 Å². The molecule has 2 aromatic heterocycles. The third kappa shape index (κ3) is 4.52. The van der Waals surface area contributed by atoms with Crippen LogP contribution in [0.2, 0.25) is 0 Å². The highest BCUT2D eigenvalue weighted by molar-refractivity contribution is 5.89. The van der Waals surface area contributed by atoms with E-state index in [0.717, 1.165) is 5.56 Å². The van der Waals surface area contributed by atoms with Crippen molar-refractivity contribution >= 4 is 5.97 Å². The number of ether oxygens (including phenoxy) is 2. The summed E-state index contributed by atoms with van der Waals surface area (Å²) in [4.78, 5) is 16.5. The second-order valence-corrected chi connectivity index (χ2v) is 6.40. The van der Waals surface area contributed by atoms with Gasteiger partial charge >= 0.3 is 5.97 Å². The molecule has 0 aliphatic heterocycles. The highest BCUT2D eigenvalue weighted by atomic mass is 16.6. The van der Waals surface area contributed by atoms with Crippen molar-refractivity contribution < 1.29 is 23.2 Å². The lowest BCUT2D eigenvalue weighted by Crippen LogP contribution is -2.09. The molecule has 2 aromatic carbocycles. The third-order valence-electron chi connectivity index (χ3n) is 4.12. The van der Waals surface area contributed by atoms with Crippen molar-refractivity contribution in [3.63, 3.8) is 0 Å². The molecule has 0 bridgehead atoms. The highest BCUT2D eigenvalue weighted by Gasteiger charge is 2.20. The molecule has 30 heavy (non-hydrogen) atoms. The smallest absolute Gasteiger partial charge is 0.338 e. The van der Waals surface area contributed by atoms with Gasteiger partial charge in [-0.1, -0.05) is 23.4 Å². The predicted octanol–water partition coefficient (Wildman–Crippen LogP) is 3.93. The van der Waals surface area contributed by atoms with E-state index in [0.29, 0.717) is 28.9 Å². The highest BCUT2D eigenvalue weighted by Crippen LogP contribution is 2.23. The molecule has 0 amide bonds. The number of hydrogen-bond donors (Lipinski definition) is 0. The monoisotopic (exact) mass is 406 g/mol. The molecule has 0 N–H and O–H groups in total. The van der Waals surface area contributed by atoms with Gasteiger partial charge in [-0.3, -0.25) is 0 Å². The number of hydrogen-bond acceptors (Lipinski definition) is 9. The van der Waals surface area contributed by atoms with Gasteiger partial charge in [0.2, 0.25) is 17.6 Å². The summed E-state index contributed by atoms with van der Waals surface area (Å²) in [6.45, 7) is 3.54. The first-order chi connectivity index (χ1) is 14.6. The molecule has 9 nitrogen and oxygen atoms in total. The maximum Gasteiger partial charge on any atom is 0.338 e. The maximum atomic E-state index is 12.4. The Morgan fingerprint density at radius 1 is 1.07 bits per heavy atom. The molecule has 0 saturated heterocycles. The van der Waals surface area contributed by atoms with E-state index >= 15 is 0 Å². The Kier molecular flexibility index (Phi) is 5.51. The summed E-state index contributed by atoms with van der Waals surface area (Å²) in [7, 11) is 0. The van der Waals surface area contributed by atoms with Crippen LogP contribution in [0.15, 0.2) is 63.5 Å². The fraction of sp³-hybridized carbons (Fsp3) is 0.190. The van der Waals surface area contributed by atoms with Gasteiger partial charge in [0, 0.05) is 12.5 Å². The summed E-state index contributed by atoms with van der Waals surface area (Å²) in [5.74, 6) is 1.55. The Labute approximate surface area is 171 Å². The van der Waals surface area contributed by atoms with Gasteiger partial charge in [0.05, 0.1) is 5.56 Å². The van der Waals surface area contributed by atoms with Gasteiger partial charge in [0.15, 0.2) is 12.7 Å². The van der Waals surface area contributed by atoms with E-state index in [-0.39, 0.29) is 12.5 Å². The van der Waals surface area contributed by atoms with Crippen LogP contribution in [-0.4, -0.2) is 26.3 Å². The zero-order valence-corrected chi connectivity index (χ0v) is 16.3. The van der Waals surface area contributed by atoms with Crippen LogP contribution < -0.4 is 4.74 Å². The Morgan fingerprint density at radius 2 is 1.83 bits per heavy atom. The fourth-order valence-electron chi connectivity index (χ4n) is 2.61. The minimum atomic E-state index is -0.695. The molecule has 2 heterocycles. The Morgan fingerprint density at radius 3 is 2.53 bits per heavy atom. The number of aromatic nitrogens is 4. The number of nitrogens with zero attached hydrogens (tertiary/aromatic N) is 4. The number of esters is 1. The van der Waals surface area contributed by atoms with Crippen molar-refractivity contribution in [1.29, 1.82) is 0 Å². The zero-order chi connectivity index (χ0) is 20.9. The van der Waals surface area contributed by atoms with Crippen molar-refractivity contribution in [1.82, 2.24) is 20.3 Å². The zero-order valence-electron chi connectivity index (χ0n) is 16.3. The van der Waals surface area contributed by atoms with Gasteiger partial charge in [0.1, 0.15) is 5.75 Å². The van der Waals surface area contributed by atoms with Crippen LogP contribution in [0.3, 0.4) is 0 Å². The average molecular weight is 406 g/mol. The van der Waals surface area contributed by atoms with Crippen LogP contribution >= 0.6 is 0 Å². The first kappa shape index (κ1) is 19.3. The second-order valence-electron chi connectivity index (χ2n) is 6.40. The average Bonchev–Trinajstić information content (AvgIpc) is 3.42. The van der Waals surface area contributed by atoms with E-state index in [9.17, 15) is 4.79 Å². The largest absolute Gasteiger partial charge is 0.485 e. The van der Waals surface area contributed by atoms with Gasteiger partial charge < -0.3 is 18.4 Å². The molecule has 1 atom stereocenters. The molecule has 0 aliphatic carbocycles. The van der Waals surface area contributed by atoms with Crippen LogP contribution in [-0.2, 0) is 11.3 Å². The molecular formula is C21H18N4O5. The first-order valence-electron chi connectivity index (χ1n) is 9.20. The van der Waals surface area contributed by atoms with Gasteiger partial charge in [-0.2, -0.15) is 4.98 Å². The lowest BCUT2D eigenvalue weighted by Gasteiger charge is -2.10.